The van der Waals surface area contributed by atoms with E-state index in [1.165, 1.54) is 0 Å². The lowest BCUT2D eigenvalue weighted by atomic mass is 10.2. The minimum atomic E-state index is -0.480. The van der Waals surface area contributed by atoms with Gasteiger partial charge in [-0.2, -0.15) is 0 Å². The van der Waals surface area contributed by atoms with Crippen molar-refractivity contribution >= 4 is 12.1 Å². The molecule has 1 aromatic carbocycles. The lowest BCUT2D eigenvalue weighted by Gasteiger charge is -2.19. The number of hydrogen-bond donors (Lipinski definition) is 1. The molecule has 1 N–H and O–H groups in total. The fourth-order valence-corrected chi connectivity index (χ4v) is 1.89. The van der Waals surface area contributed by atoms with Crippen LogP contribution in [0.15, 0.2) is 30.3 Å². The van der Waals surface area contributed by atoms with Crippen molar-refractivity contribution in [1.82, 2.24) is 5.32 Å². The number of carbonyl (C=O) groups is 2. The van der Waals surface area contributed by atoms with Crippen LogP contribution in [0.1, 0.15) is 52.0 Å². The van der Waals surface area contributed by atoms with Crippen LogP contribution in [0.4, 0.5) is 4.79 Å². The number of alkyl carbamates (subject to hydrolysis) is 1. The summed E-state index contributed by atoms with van der Waals surface area (Å²) in [5.74, 6) is -0.186. The van der Waals surface area contributed by atoms with Crippen LogP contribution in [0.25, 0.3) is 0 Å². The highest BCUT2D eigenvalue weighted by Crippen LogP contribution is 2.07. The van der Waals surface area contributed by atoms with E-state index in [1.54, 1.807) is 0 Å². The van der Waals surface area contributed by atoms with E-state index in [9.17, 15) is 9.59 Å². The van der Waals surface area contributed by atoms with Gasteiger partial charge in [-0.05, 0) is 39.2 Å². The largest absolute Gasteiger partial charge is 0.461 e. The fourth-order valence-electron chi connectivity index (χ4n) is 1.89. The molecule has 0 heterocycles. The third-order valence-corrected chi connectivity index (χ3v) is 2.97. The topological polar surface area (TPSA) is 64.6 Å². The van der Waals surface area contributed by atoms with Crippen molar-refractivity contribution in [3.8, 4) is 0 Å². The van der Waals surface area contributed by atoms with E-state index >= 15 is 0 Å². The van der Waals surface area contributed by atoms with Crippen molar-refractivity contribution in [2.24, 2.45) is 0 Å². The Labute approximate surface area is 138 Å². The summed E-state index contributed by atoms with van der Waals surface area (Å²) in [7, 11) is 0. The molecule has 1 aromatic rings. The molecule has 0 unspecified atom stereocenters. The average Bonchev–Trinajstić information content (AvgIpc) is 2.48. The lowest BCUT2D eigenvalue weighted by Crippen LogP contribution is -2.32. The van der Waals surface area contributed by atoms with Gasteiger partial charge in [0.25, 0.3) is 0 Å². The van der Waals surface area contributed by atoms with Gasteiger partial charge < -0.3 is 14.8 Å². The monoisotopic (exact) mass is 321 g/mol. The zero-order valence-electron chi connectivity index (χ0n) is 14.3. The predicted octanol–water partition coefficient (Wildman–Crippen LogP) is 3.81. The SMILES string of the molecule is CC(C)(C)OC(=O)NCCCCCC(=O)OCc1ccccc1. The van der Waals surface area contributed by atoms with Gasteiger partial charge in [0, 0.05) is 13.0 Å². The Kier molecular flexibility index (Phi) is 8.16. The molecule has 0 saturated carbocycles. The Morgan fingerprint density at radius 1 is 1.04 bits per heavy atom. The highest BCUT2D eigenvalue weighted by Gasteiger charge is 2.15. The summed E-state index contributed by atoms with van der Waals surface area (Å²) in [6, 6.07) is 9.61. The molecule has 0 saturated heterocycles. The molecule has 23 heavy (non-hydrogen) atoms. The Morgan fingerprint density at radius 3 is 2.39 bits per heavy atom. The molecule has 0 aromatic heterocycles. The first-order chi connectivity index (χ1) is 10.9. The maximum Gasteiger partial charge on any atom is 0.407 e. The first-order valence-corrected chi connectivity index (χ1v) is 8.03. The van der Waals surface area contributed by atoms with E-state index in [4.69, 9.17) is 9.47 Å². The number of hydrogen-bond acceptors (Lipinski definition) is 4. The van der Waals surface area contributed by atoms with Crippen LogP contribution in [-0.2, 0) is 20.9 Å². The smallest absolute Gasteiger partial charge is 0.407 e. The molecule has 0 atom stereocenters. The second kappa shape index (κ2) is 9.87. The van der Waals surface area contributed by atoms with Crippen LogP contribution in [0, 0.1) is 0 Å². The zero-order chi connectivity index (χ0) is 17.1. The van der Waals surface area contributed by atoms with Gasteiger partial charge in [0.1, 0.15) is 12.2 Å². The van der Waals surface area contributed by atoms with Gasteiger partial charge in [-0.15, -0.1) is 0 Å². The van der Waals surface area contributed by atoms with Gasteiger partial charge >= 0.3 is 12.1 Å². The van der Waals surface area contributed by atoms with Crippen molar-refractivity contribution in [3.63, 3.8) is 0 Å². The molecule has 5 heteroatoms. The number of benzene rings is 1. The van der Waals surface area contributed by atoms with Crippen LogP contribution in [0.3, 0.4) is 0 Å². The molecule has 1 amide bonds. The van der Waals surface area contributed by atoms with E-state index < -0.39 is 11.7 Å². The van der Waals surface area contributed by atoms with Crippen LogP contribution in [0.5, 0.6) is 0 Å². The molecule has 1 rings (SSSR count). The van der Waals surface area contributed by atoms with Gasteiger partial charge in [-0.1, -0.05) is 36.8 Å². The van der Waals surface area contributed by atoms with E-state index in [1.807, 2.05) is 51.1 Å². The molecule has 0 aliphatic heterocycles. The summed E-state index contributed by atoms with van der Waals surface area (Å²) in [6.07, 6.45) is 2.42. The van der Waals surface area contributed by atoms with E-state index in [-0.39, 0.29) is 5.97 Å². The summed E-state index contributed by atoms with van der Waals surface area (Å²) < 4.78 is 10.3. The summed E-state index contributed by atoms with van der Waals surface area (Å²) in [6.45, 7) is 6.35. The van der Waals surface area contributed by atoms with Crippen LogP contribution in [0.2, 0.25) is 0 Å². The van der Waals surface area contributed by atoms with Gasteiger partial charge in [-0.3, -0.25) is 4.79 Å². The molecule has 0 aliphatic rings. The first-order valence-electron chi connectivity index (χ1n) is 8.03. The Hall–Kier alpha value is -2.04. The standard InChI is InChI=1S/C18H27NO4/c1-18(2,3)23-17(21)19-13-9-5-8-12-16(20)22-14-15-10-6-4-7-11-15/h4,6-7,10-11H,5,8-9,12-14H2,1-3H3,(H,19,21). The van der Waals surface area contributed by atoms with Crippen molar-refractivity contribution in [2.75, 3.05) is 6.54 Å². The summed E-state index contributed by atoms with van der Waals surface area (Å²) >= 11 is 0. The number of carbonyl (C=O) groups excluding carboxylic acids is 2. The molecular weight excluding hydrogens is 294 g/mol. The summed E-state index contributed by atoms with van der Waals surface area (Å²) in [4.78, 5) is 23.0. The molecule has 0 aliphatic carbocycles. The molecule has 0 radical (unpaired) electrons. The summed E-state index contributed by atoms with van der Waals surface area (Å²) in [5.41, 5.74) is 0.509. The van der Waals surface area contributed by atoms with Gasteiger partial charge in [-0.25, -0.2) is 4.79 Å². The Balaban J connectivity index is 2.00. The number of nitrogens with one attached hydrogen (secondary N) is 1. The lowest BCUT2D eigenvalue weighted by molar-refractivity contribution is -0.145. The second-order valence-corrected chi connectivity index (χ2v) is 6.39. The third kappa shape index (κ3) is 10.3. The van der Waals surface area contributed by atoms with Crippen molar-refractivity contribution in [1.29, 1.82) is 0 Å². The maximum atomic E-state index is 11.6. The molecule has 0 fully saturated rings. The van der Waals surface area contributed by atoms with E-state index in [0.29, 0.717) is 19.6 Å². The highest BCUT2D eigenvalue weighted by atomic mass is 16.6. The number of esters is 1. The first kappa shape index (κ1) is 19.0. The van der Waals surface area contributed by atoms with Crippen molar-refractivity contribution in [3.05, 3.63) is 35.9 Å². The molecule has 128 valence electrons. The normalized spacial score (nSPS) is 10.9. The second-order valence-electron chi connectivity index (χ2n) is 6.39. The molecule has 5 nitrogen and oxygen atoms in total. The van der Waals surface area contributed by atoms with Crippen LogP contribution >= 0.6 is 0 Å². The van der Waals surface area contributed by atoms with Gasteiger partial charge in [0.15, 0.2) is 0 Å². The number of rotatable bonds is 8. The maximum absolute atomic E-state index is 11.6. The van der Waals surface area contributed by atoms with Crippen LogP contribution in [-0.4, -0.2) is 24.2 Å². The Bertz CT molecular complexity index is 480. The number of unbranched alkanes of at least 4 members (excludes halogenated alkanes) is 2. The number of ether oxygens (including phenoxy) is 2. The van der Waals surface area contributed by atoms with E-state index in [0.717, 1.165) is 24.8 Å². The minimum Gasteiger partial charge on any atom is -0.461 e. The van der Waals surface area contributed by atoms with Crippen LogP contribution < -0.4 is 5.32 Å². The van der Waals surface area contributed by atoms with Crippen molar-refractivity contribution < 1.29 is 19.1 Å². The van der Waals surface area contributed by atoms with Crippen molar-refractivity contribution in [2.45, 2.75) is 58.7 Å². The molecule has 0 bridgehead atoms. The molecule has 0 spiro atoms. The molecular formula is C18H27NO4. The van der Waals surface area contributed by atoms with E-state index in [2.05, 4.69) is 5.32 Å². The summed E-state index contributed by atoms with van der Waals surface area (Å²) in [5, 5.41) is 2.70. The highest BCUT2D eigenvalue weighted by molar-refractivity contribution is 5.69. The Morgan fingerprint density at radius 2 is 1.74 bits per heavy atom. The average molecular weight is 321 g/mol. The zero-order valence-corrected chi connectivity index (χ0v) is 14.3. The quantitative estimate of drug-likeness (QED) is 0.584. The number of amides is 1. The van der Waals surface area contributed by atoms with Gasteiger partial charge in [0.2, 0.25) is 0 Å². The predicted molar refractivity (Wildman–Crippen MR) is 88.9 cm³/mol. The van der Waals surface area contributed by atoms with Gasteiger partial charge in [0.05, 0.1) is 0 Å². The fraction of sp³-hybridized carbons (Fsp3) is 0.556. The third-order valence-electron chi connectivity index (χ3n) is 2.97. The minimum absolute atomic E-state index is 0.186.